The molecule has 1 spiro atoms. The lowest BCUT2D eigenvalue weighted by Crippen LogP contribution is -2.55. The van der Waals surface area contributed by atoms with Crippen molar-refractivity contribution in [2.24, 2.45) is 46.3 Å². The third-order valence-corrected chi connectivity index (χ3v) is 11.1. The summed E-state index contributed by atoms with van der Waals surface area (Å²) in [5.41, 5.74) is 1.79. The number of carbonyl (C=O) groups is 3. The number of hydrogen-bond acceptors (Lipinski definition) is 5. The highest BCUT2D eigenvalue weighted by Gasteiger charge is 2.68. The summed E-state index contributed by atoms with van der Waals surface area (Å²) in [7, 11) is 1.48. The average molecular weight is 453 g/mol. The van der Waals surface area contributed by atoms with Crippen LogP contribution in [0.5, 0.6) is 0 Å². The molecule has 0 bridgehead atoms. The molecule has 0 aromatic rings. The van der Waals surface area contributed by atoms with Gasteiger partial charge in [-0.15, -0.1) is 0 Å². The molecule has 0 aromatic heterocycles. The number of carbonyl (C=O) groups excluding carboxylic acids is 3. The number of ether oxygens (including phenoxy) is 2. The molecule has 6 rings (SSSR count). The van der Waals surface area contributed by atoms with Gasteiger partial charge in [0.05, 0.1) is 13.0 Å². The first kappa shape index (κ1) is 21.6. The van der Waals surface area contributed by atoms with Crippen molar-refractivity contribution in [3.05, 3.63) is 23.3 Å². The Kier molecular flexibility index (Phi) is 4.47. The van der Waals surface area contributed by atoms with E-state index in [4.69, 9.17) is 9.47 Å². The minimum atomic E-state index is -0.401. The molecule has 7 unspecified atom stereocenters. The summed E-state index contributed by atoms with van der Waals surface area (Å²) in [6, 6.07) is 0. The Hall–Kier alpha value is -1.91. The fourth-order valence-electron chi connectivity index (χ4n) is 9.15. The van der Waals surface area contributed by atoms with Gasteiger partial charge >= 0.3 is 11.9 Å². The van der Waals surface area contributed by atoms with E-state index in [0.29, 0.717) is 37.0 Å². The number of esters is 2. The van der Waals surface area contributed by atoms with Crippen LogP contribution < -0.4 is 0 Å². The third kappa shape index (κ3) is 2.68. The minimum absolute atomic E-state index is 0.0782. The molecule has 0 amide bonds. The lowest BCUT2D eigenvalue weighted by molar-refractivity contribution is -0.163. The predicted octanol–water partition coefficient (Wildman–Crippen LogP) is 4.80. The largest absolute Gasteiger partial charge is 0.469 e. The fraction of sp³-hybridized carbons (Fsp3) is 0.750. The quantitative estimate of drug-likeness (QED) is 0.445. The molecule has 9 atom stereocenters. The van der Waals surface area contributed by atoms with Crippen LogP contribution in [0, 0.1) is 46.3 Å². The summed E-state index contributed by atoms with van der Waals surface area (Å²) >= 11 is 0. The number of rotatable bonds is 2. The number of hydrogen-bond donors (Lipinski definition) is 0. The molecule has 5 heteroatoms. The van der Waals surface area contributed by atoms with Crippen molar-refractivity contribution in [1.82, 2.24) is 0 Å². The van der Waals surface area contributed by atoms with E-state index >= 15 is 0 Å². The van der Waals surface area contributed by atoms with E-state index in [1.807, 2.05) is 6.08 Å². The van der Waals surface area contributed by atoms with Crippen LogP contribution >= 0.6 is 0 Å². The van der Waals surface area contributed by atoms with Gasteiger partial charge < -0.3 is 9.47 Å². The molecule has 0 N–H and O–H groups in total. The molecular formula is C28H36O5. The van der Waals surface area contributed by atoms with Crippen LogP contribution in [0.15, 0.2) is 23.3 Å². The molecular weight excluding hydrogens is 416 g/mol. The molecule has 1 heterocycles. The molecule has 3 saturated carbocycles. The Morgan fingerprint density at radius 1 is 1.15 bits per heavy atom. The van der Waals surface area contributed by atoms with Crippen LogP contribution in [0.25, 0.3) is 0 Å². The summed E-state index contributed by atoms with van der Waals surface area (Å²) in [5.74, 6) is 1.62. The van der Waals surface area contributed by atoms with Crippen molar-refractivity contribution < 1.29 is 23.9 Å². The minimum Gasteiger partial charge on any atom is -0.469 e. The Bertz CT molecular complexity index is 1010. The van der Waals surface area contributed by atoms with E-state index in [1.54, 1.807) is 0 Å². The maximum Gasteiger partial charge on any atom is 0.309 e. The van der Waals surface area contributed by atoms with E-state index < -0.39 is 5.60 Å². The summed E-state index contributed by atoms with van der Waals surface area (Å²) in [4.78, 5) is 38.2. The van der Waals surface area contributed by atoms with E-state index in [2.05, 4.69) is 26.8 Å². The fourth-order valence-corrected chi connectivity index (χ4v) is 9.15. The Balaban J connectivity index is 1.49. The first-order valence-corrected chi connectivity index (χ1v) is 12.9. The van der Waals surface area contributed by atoms with Gasteiger partial charge in [-0.25, -0.2) is 0 Å². The van der Waals surface area contributed by atoms with Crippen molar-refractivity contribution in [3.8, 4) is 0 Å². The standard InChI is InChI=1S/C28H36O5/c1-15-11-18(15)22-14-17(29)12-16-13-19(25(31)32-4)24-20-6-9-28(10-7-23(30)33-28)26(20,2)8-5-21(24)27(16,22)3/h5,12,15,18-20,22,24H,6-11,13-14H2,1-4H3/t15?,18?,19-,20?,22?,24?,26?,27?,28-/m1/s1. The number of allylic oxidation sites excluding steroid dienone is 4. The monoisotopic (exact) mass is 452 g/mol. The molecule has 6 aliphatic rings. The highest BCUT2D eigenvalue weighted by Crippen LogP contribution is 2.71. The lowest BCUT2D eigenvalue weighted by atomic mass is 9.45. The van der Waals surface area contributed by atoms with Crippen LogP contribution in [0.4, 0.5) is 0 Å². The molecule has 178 valence electrons. The van der Waals surface area contributed by atoms with E-state index in [-0.39, 0.29) is 46.3 Å². The van der Waals surface area contributed by atoms with Gasteiger partial charge in [-0.05, 0) is 74.2 Å². The van der Waals surface area contributed by atoms with Crippen LogP contribution in [-0.2, 0) is 23.9 Å². The molecule has 0 aromatic carbocycles. The number of ketones is 1. The second-order valence-corrected chi connectivity index (χ2v) is 12.3. The highest BCUT2D eigenvalue weighted by atomic mass is 16.6. The molecule has 5 nitrogen and oxygen atoms in total. The van der Waals surface area contributed by atoms with Gasteiger partial charge in [0, 0.05) is 23.7 Å². The molecule has 4 fully saturated rings. The van der Waals surface area contributed by atoms with Gasteiger partial charge in [0.15, 0.2) is 5.78 Å². The SMILES string of the molecule is COC(=O)[C@@H]1CC2=CC(=O)CC(C3CC3C)C2(C)C2=CCC3(C)C(CC[C@@]34CCC(=O)O4)C21. The summed E-state index contributed by atoms with van der Waals surface area (Å²) in [6.07, 6.45) is 10.7. The van der Waals surface area contributed by atoms with Gasteiger partial charge in [-0.3, -0.25) is 14.4 Å². The zero-order valence-electron chi connectivity index (χ0n) is 20.3. The Morgan fingerprint density at radius 2 is 1.91 bits per heavy atom. The average Bonchev–Trinajstić information content (AvgIpc) is 3.25. The van der Waals surface area contributed by atoms with Gasteiger partial charge in [0.1, 0.15) is 5.60 Å². The van der Waals surface area contributed by atoms with Crippen molar-refractivity contribution in [1.29, 1.82) is 0 Å². The van der Waals surface area contributed by atoms with Gasteiger partial charge in [0.2, 0.25) is 0 Å². The summed E-state index contributed by atoms with van der Waals surface area (Å²) in [5, 5.41) is 0. The molecule has 33 heavy (non-hydrogen) atoms. The van der Waals surface area contributed by atoms with Crippen molar-refractivity contribution in [2.45, 2.75) is 77.7 Å². The van der Waals surface area contributed by atoms with Crippen molar-refractivity contribution in [3.63, 3.8) is 0 Å². The molecule has 1 saturated heterocycles. The van der Waals surface area contributed by atoms with Crippen LogP contribution in [0.3, 0.4) is 0 Å². The van der Waals surface area contributed by atoms with Crippen LogP contribution in [0.2, 0.25) is 0 Å². The second-order valence-electron chi connectivity index (χ2n) is 12.3. The van der Waals surface area contributed by atoms with Gasteiger partial charge in [0.25, 0.3) is 0 Å². The first-order chi connectivity index (χ1) is 15.6. The topological polar surface area (TPSA) is 69.7 Å². The lowest BCUT2D eigenvalue weighted by Gasteiger charge is -2.58. The van der Waals surface area contributed by atoms with Crippen molar-refractivity contribution in [2.75, 3.05) is 7.11 Å². The number of fused-ring (bicyclic) bond motifs is 6. The first-order valence-electron chi connectivity index (χ1n) is 12.9. The molecule has 5 aliphatic carbocycles. The summed E-state index contributed by atoms with van der Waals surface area (Å²) in [6.45, 7) is 6.95. The van der Waals surface area contributed by atoms with Crippen LogP contribution in [0.1, 0.15) is 72.1 Å². The molecule has 0 radical (unpaired) electrons. The maximum absolute atomic E-state index is 13.2. The normalized spacial score (nSPS) is 50.1. The zero-order chi connectivity index (χ0) is 23.3. The molecule has 1 aliphatic heterocycles. The predicted molar refractivity (Wildman–Crippen MR) is 122 cm³/mol. The van der Waals surface area contributed by atoms with Crippen molar-refractivity contribution >= 4 is 17.7 Å². The van der Waals surface area contributed by atoms with E-state index in [0.717, 1.165) is 31.3 Å². The third-order valence-electron chi connectivity index (χ3n) is 11.1. The van der Waals surface area contributed by atoms with Crippen LogP contribution in [-0.4, -0.2) is 30.4 Å². The Labute approximate surface area is 196 Å². The van der Waals surface area contributed by atoms with E-state index in [1.165, 1.54) is 19.1 Å². The summed E-state index contributed by atoms with van der Waals surface area (Å²) < 4.78 is 11.4. The van der Waals surface area contributed by atoms with E-state index in [9.17, 15) is 14.4 Å². The Morgan fingerprint density at radius 3 is 2.55 bits per heavy atom. The number of methoxy groups -OCH3 is 1. The van der Waals surface area contributed by atoms with Gasteiger partial charge in [-0.2, -0.15) is 0 Å². The van der Waals surface area contributed by atoms with Gasteiger partial charge in [-0.1, -0.05) is 38.0 Å². The zero-order valence-corrected chi connectivity index (χ0v) is 20.3. The maximum atomic E-state index is 13.2. The second kappa shape index (κ2) is 6.82. The smallest absolute Gasteiger partial charge is 0.309 e. The highest BCUT2D eigenvalue weighted by molar-refractivity contribution is 5.93.